The molecule has 3 aromatic rings. The summed E-state index contributed by atoms with van der Waals surface area (Å²) in [5.74, 6) is -0.00327. The lowest BCUT2D eigenvalue weighted by Crippen LogP contribution is -2.48. The topological polar surface area (TPSA) is 80.6 Å². The second-order valence-corrected chi connectivity index (χ2v) is 8.15. The van der Waals surface area contributed by atoms with Gasteiger partial charge < -0.3 is 9.64 Å². The molecule has 0 aliphatic carbocycles. The van der Waals surface area contributed by atoms with Crippen molar-refractivity contribution < 1.29 is 9.53 Å². The van der Waals surface area contributed by atoms with Gasteiger partial charge in [0.2, 0.25) is 5.91 Å². The number of benzene rings is 2. The van der Waals surface area contributed by atoms with Gasteiger partial charge in [-0.1, -0.05) is 47.7 Å². The first-order valence-corrected chi connectivity index (χ1v) is 11.1. The molecule has 8 nitrogen and oxygen atoms in total. The van der Waals surface area contributed by atoms with Gasteiger partial charge in [-0.25, -0.2) is 4.68 Å². The molecule has 1 unspecified atom stereocenters. The number of hydrogen-bond acceptors (Lipinski definition) is 6. The summed E-state index contributed by atoms with van der Waals surface area (Å²) in [4.78, 5) is 30.3. The highest BCUT2D eigenvalue weighted by Gasteiger charge is 2.23. The number of rotatable bonds is 8. The molecule has 0 bridgehead atoms. The highest BCUT2D eigenvalue weighted by molar-refractivity contribution is 5.77. The minimum absolute atomic E-state index is 0.00327. The summed E-state index contributed by atoms with van der Waals surface area (Å²) in [5, 5.41) is 8.65. The molecule has 1 aliphatic heterocycles. The van der Waals surface area contributed by atoms with Gasteiger partial charge >= 0.3 is 0 Å². The molecule has 0 radical (unpaired) electrons. The van der Waals surface area contributed by atoms with Crippen LogP contribution in [-0.4, -0.2) is 69.6 Å². The van der Waals surface area contributed by atoms with E-state index in [-0.39, 0.29) is 30.5 Å². The monoisotopic (exact) mass is 435 g/mol. The molecular weight excluding hydrogens is 406 g/mol. The standard InChI is InChI=1S/C24H29N5O3/c1-19(17-27-13-15-32-16-14-27)28(18-20-7-3-2-4-8-20)23(30)11-12-29-24(31)21-9-5-6-10-22(21)25-26-29/h2-10,19H,11-18H2,1H3. The first-order chi connectivity index (χ1) is 15.6. The lowest BCUT2D eigenvalue weighted by atomic mass is 10.1. The molecule has 2 heterocycles. The molecule has 32 heavy (non-hydrogen) atoms. The zero-order valence-corrected chi connectivity index (χ0v) is 18.4. The van der Waals surface area contributed by atoms with Crippen molar-refractivity contribution in [2.75, 3.05) is 32.8 Å². The van der Waals surface area contributed by atoms with E-state index in [1.165, 1.54) is 4.68 Å². The summed E-state index contributed by atoms with van der Waals surface area (Å²) in [5.41, 5.74) is 1.42. The fourth-order valence-corrected chi connectivity index (χ4v) is 4.04. The average molecular weight is 436 g/mol. The molecule has 0 spiro atoms. The number of morpholine rings is 1. The largest absolute Gasteiger partial charge is 0.379 e. The minimum atomic E-state index is -0.223. The predicted molar refractivity (Wildman–Crippen MR) is 122 cm³/mol. The number of amides is 1. The molecule has 0 N–H and O–H groups in total. The van der Waals surface area contributed by atoms with E-state index in [4.69, 9.17) is 4.74 Å². The number of ether oxygens (including phenoxy) is 1. The van der Waals surface area contributed by atoms with Crippen LogP contribution in [0.2, 0.25) is 0 Å². The van der Waals surface area contributed by atoms with Gasteiger partial charge in [-0.3, -0.25) is 14.5 Å². The van der Waals surface area contributed by atoms with Crippen LogP contribution in [0, 0.1) is 0 Å². The minimum Gasteiger partial charge on any atom is -0.379 e. The van der Waals surface area contributed by atoms with E-state index in [2.05, 4.69) is 22.1 Å². The van der Waals surface area contributed by atoms with E-state index in [1.807, 2.05) is 41.3 Å². The van der Waals surface area contributed by atoms with E-state index >= 15 is 0 Å². The van der Waals surface area contributed by atoms with Crippen molar-refractivity contribution in [1.29, 1.82) is 0 Å². The van der Waals surface area contributed by atoms with Gasteiger partial charge in [0, 0.05) is 38.6 Å². The van der Waals surface area contributed by atoms with Crippen LogP contribution >= 0.6 is 0 Å². The summed E-state index contributed by atoms with van der Waals surface area (Å²) in [6, 6.07) is 17.1. The van der Waals surface area contributed by atoms with Crippen LogP contribution in [0.1, 0.15) is 18.9 Å². The Morgan fingerprint density at radius 1 is 1.09 bits per heavy atom. The van der Waals surface area contributed by atoms with Gasteiger partial charge in [0.05, 0.1) is 25.1 Å². The second-order valence-electron chi connectivity index (χ2n) is 8.15. The van der Waals surface area contributed by atoms with Crippen LogP contribution in [-0.2, 0) is 22.6 Å². The van der Waals surface area contributed by atoms with E-state index < -0.39 is 0 Å². The van der Waals surface area contributed by atoms with Gasteiger partial charge in [0.25, 0.3) is 5.56 Å². The number of aromatic nitrogens is 3. The van der Waals surface area contributed by atoms with Crippen LogP contribution in [0.25, 0.3) is 10.9 Å². The van der Waals surface area contributed by atoms with Crippen LogP contribution in [0.4, 0.5) is 0 Å². The fourth-order valence-electron chi connectivity index (χ4n) is 4.04. The molecule has 168 valence electrons. The average Bonchev–Trinajstić information content (AvgIpc) is 2.83. The Morgan fingerprint density at radius 3 is 2.59 bits per heavy atom. The third-order valence-corrected chi connectivity index (χ3v) is 5.84. The molecule has 0 saturated carbocycles. The third-order valence-electron chi connectivity index (χ3n) is 5.84. The Kier molecular flexibility index (Phi) is 7.24. The third kappa shape index (κ3) is 5.38. The molecule has 1 fully saturated rings. The Bertz CT molecular complexity index is 1100. The number of carbonyl (C=O) groups is 1. The van der Waals surface area contributed by atoms with E-state index in [9.17, 15) is 9.59 Å². The van der Waals surface area contributed by atoms with Gasteiger partial charge in [-0.15, -0.1) is 5.10 Å². The molecule has 1 saturated heterocycles. The van der Waals surface area contributed by atoms with Crippen molar-refractivity contribution in [3.63, 3.8) is 0 Å². The van der Waals surface area contributed by atoms with Gasteiger partial charge in [0.1, 0.15) is 5.52 Å². The quantitative estimate of drug-likeness (QED) is 0.538. The maximum absolute atomic E-state index is 13.3. The molecule has 1 amide bonds. The Balaban J connectivity index is 1.47. The molecule has 2 aromatic carbocycles. The highest BCUT2D eigenvalue weighted by atomic mass is 16.5. The number of fused-ring (bicyclic) bond motifs is 1. The van der Waals surface area contributed by atoms with E-state index in [0.29, 0.717) is 17.4 Å². The molecule has 1 atom stereocenters. The summed E-state index contributed by atoms with van der Waals surface area (Å²) in [6.07, 6.45) is 0.188. The number of carbonyl (C=O) groups excluding carboxylic acids is 1. The molecule has 4 rings (SSSR count). The maximum Gasteiger partial charge on any atom is 0.277 e. The lowest BCUT2D eigenvalue weighted by molar-refractivity contribution is -0.134. The second kappa shape index (κ2) is 10.5. The van der Waals surface area contributed by atoms with Crippen LogP contribution in [0.15, 0.2) is 59.4 Å². The Morgan fingerprint density at radius 2 is 1.81 bits per heavy atom. The van der Waals surface area contributed by atoms with Crippen molar-refractivity contribution in [3.8, 4) is 0 Å². The molecule has 1 aromatic heterocycles. The number of hydrogen-bond donors (Lipinski definition) is 0. The first-order valence-electron chi connectivity index (χ1n) is 11.1. The SMILES string of the molecule is CC(CN1CCOCC1)N(Cc1ccccc1)C(=O)CCn1nnc2ccccc2c1=O. The lowest BCUT2D eigenvalue weighted by Gasteiger charge is -2.35. The highest BCUT2D eigenvalue weighted by Crippen LogP contribution is 2.13. The molecule has 8 heteroatoms. The van der Waals surface area contributed by atoms with Gasteiger partial charge in [-0.05, 0) is 24.6 Å². The Hall–Kier alpha value is -3.10. The number of aryl methyl sites for hydroxylation is 1. The van der Waals surface area contributed by atoms with Crippen LogP contribution < -0.4 is 5.56 Å². The molecular formula is C24H29N5O3. The van der Waals surface area contributed by atoms with Crippen molar-refractivity contribution in [2.45, 2.75) is 32.5 Å². The summed E-state index contributed by atoms with van der Waals surface area (Å²) >= 11 is 0. The van der Waals surface area contributed by atoms with Crippen molar-refractivity contribution in [3.05, 3.63) is 70.5 Å². The summed E-state index contributed by atoms with van der Waals surface area (Å²) in [7, 11) is 0. The van der Waals surface area contributed by atoms with Crippen molar-refractivity contribution in [2.24, 2.45) is 0 Å². The van der Waals surface area contributed by atoms with Gasteiger partial charge in [-0.2, -0.15) is 0 Å². The van der Waals surface area contributed by atoms with Crippen LogP contribution in [0.3, 0.4) is 0 Å². The fraction of sp³-hybridized carbons (Fsp3) is 0.417. The van der Waals surface area contributed by atoms with Crippen molar-refractivity contribution >= 4 is 16.8 Å². The maximum atomic E-state index is 13.3. The molecule has 1 aliphatic rings. The first kappa shape index (κ1) is 22.1. The van der Waals surface area contributed by atoms with Crippen molar-refractivity contribution in [1.82, 2.24) is 24.8 Å². The van der Waals surface area contributed by atoms with Gasteiger partial charge in [0.15, 0.2) is 0 Å². The summed E-state index contributed by atoms with van der Waals surface area (Å²) < 4.78 is 6.73. The smallest absolute Gasteiger partial charge is 0.277 e. The van der Waals surface area contributed by atoms with E-state index in [0.717, 1.165) is 38.4 Å². The predicted octanol–water partition coefficient (Wildman–Crippen LogP) is 1.93. The normalized spacial score (nSPS) is 15.5. The van der Waals surface area contributed by atoms with Crippen LogP contribution in [0.5, 0.6) is 0 Å². The zero-order chi connectivity index (χ0) is 22.3. The number of nitrogens with zero attached hydrogens (tertiary/aromatic N) is 5. The zero-order valence-electron chi connectivity index (χ0n) is 18.4. The Labute approximate surface area is 187 Å². The summed E-state index contributed by atoms with van der Waals surface area (Å²) in [6.45, 7) is 6.80. The van der Waals surface area contributed by atoms with E-state index in [1.54, 1.807) is 18.2 Å².